The standard InChI is InChI=1S/C18H26N4OS/c1-12-8-13(2)16-14(9-12)10-15(17(23)20-16)11-22(18(24)19-3)7-6-21(4)5/h8-10H,6-7,11H2,1-5H3,(H,19,24)(H,20,23)/p+1. The molecule has 0 unspecified atom stereocenters. The molecule has 0 amide bonds. The van der Waals surface area contributed by atoms with Crippen molar-refractivity contribution in [2.45, 2.75) is 20.4 Å². The van der Waals surface area contributed by atoms with Crippen LogP contribution in [-0.2, 0) is 6.54 Å². The fraction of sp³-hybridized carbons (Fsp3) is 0.444. The summed E-state index contributed by atoms with van der Waals surface area (Å²) in [6, 6.07) is 6.18. The Labute approximate surface area is 148 Å². The summed E-state index contributed by atoms with van der Waals surface area (Å²) < 4.78 is 0. The molecule has 2 rings (SSSR count). The Balaban J connectivity index is 2.37. The van der Waals surface area contributed by atoms with E-state index in [9.17, 15) is 4.79 Å². The highest BCUT2D eigenvalue weighted by Crippen LogP contribution is 2.18. The third kappa shape index (κ3) is 4.33. The van der Waals surface area contributed by atoms with E-state index in [0.29, 0.717) is 11.7 Å². The fourth-order valence-electron chi connectivity index (χ4n) is 2.82. The molecule has 0 radical (unpaired) electrons. The summed E-state index contributed by atoms with van der Waals surface area (Å²) in [5.74, 6) is 0. The van der Waals surface area contributed by atoms with Crippen LogP contribution in [0.15, 0.2) is 23.0 Å². The molecular weight excluding hydrogens is 320 g/mol. The zero-order valence-electron chi connectivity index (χ0n) is 15.1. The van der Waals surface area contributed by atoms with Crippen LogP contribution in [0.5, 0.6) is 0 Å². The number of nitrogens with one attached hydrogen (secondary N) is 3. The molecular formula is C18H27N4OS+. The molecule has 6 heteroatoms. The van der Waals surface area contributed by atoms with E-state index in [1.165, 1.54) is 10.5 Å². The number of hydrogen-bond donors (Lipinski definition) is 3. The number of aromatic nitrogens is 1. The first-order valence-electron chi connectivity index (χ1n) is 8.20. The average Bonchev–Trinajstić information content (AvgIpc) is 2.51. The van der Waals surface area contributed by atoms with Gasteiger partial charge in [0.15, 0.2) is 5.11 Å². The smallest absolute Gasteiger partial charge is 0.253 e. The fourth-order valence-corrected chi connectivity index (χ4v) is 2.98. The zero-order valence-corrected chi connectivity index (χ0v) is 15.9. The molecule has 0 saturated carbocycles. The van der Waals surface area contributed by atoms with E-state index in [0.717, 1.165) is 35.1 Å². The number of quaternary nitrogens is 1. The summed E-state index contributed by atoms with van der Waals surface area (Å²) >= 11 is 5.40. The van der Waals surface area contributed by atoms with Gasteiger partial charge in [0.05, 0.1) is 39.2 Å². The summed E-state index contributed by atoms with van der Waals surface area (Å²) in [6.45, 7) is 6.34. The van der Waals surface area contributed by atoms with Crippen LogP contribution in [0.25, 0.3) is 10.9 Å². The van der Waals surface area contributed by atoms with Gasteiger partial charge < -0.3 is 20.1 Å². The molecule has 3 N–H and O–H groups in total. The highest BCUT2D eigenvalue weighted by Gasteiger charge is 2.14. The second kappa shape index (κ2) is 7.77. The molecule has 0 saturated heterocycles. The number of aryl methyl sites for hydroxylation is 2. The lowest BCUT2D eigenvalue weighted by Crippen LogP contribution is -3.06. The maximum Gasteiger partial charge on any atom is 0.253 e. The van der Waals surface area contributed by atoms with Crippen molar-refractivity contribution in [1.29, 1.82) is 0 Å². The van der Waals surface area contributed by atoms with Crippen molar-refractivity contribution >= 4 is 28.2 Å². The van der Waals surface area contributed by atoms with Crippen molar-refractivity contribution < 1.29 is 4.90 Å². The Hall–Kier alpha value is -1.92. The molecule has 0 fully saturated rings. The minimum Gasteiger partial charge on any atom is -0.366 e. The molecule has 0 aliphatic carbocycles. The molecule has 0 atom stereocenters. The Kier molecular flexibility index (Phi) is 5.96. The van der Waals surface area contributed by atoms with Crippen LogP contribution in [0.4, 0.5) is 0 Å². The molecule has 0 bridgehead atoms. The highest BCUT2D eigenvalue weighted by molar-refractivity contribution is 7.80. The number of aromatic amines is 1. The maximum absolute atomic E-state index is 12.5. The van der Waals surface area contributed by atoms with Crippen LogP contribution in [-0.4, -0.2) is 49.2 Å². The van der Waals surface area contributed by atoms with Crippen molar-refractivity contribution in [2.75, 3.05) is 34.2 Å². The molecule has 2 aromatic rings. The number of thiocarbonyl (C=S) groups is 1. The molecule has 1 heterocycles. The first kappa shape index (κ1) is 18.4. The van der Waals surface area contributed by atoms with Crippen molar-refractivity contribution in [1.82, 2.24) is 15.2 Å². The summed E-state index contributed by atoms with van der Waals surface area (Å²) in [5.41, 5.74) is 3.88. The molecule has 1 aromatic carbocycles. The van der Waals surface area contributed by atoms with Gasteiger partial charge in [0.25, 0.3) is 5.56 Å². The van der Waals surface area contributed by atoms with Crippen molar-refractivity contribution in [3.63, 3.8) is 0 Å². The van der Waals surface area contributed by atoms with Gasteiger partial charge in [-0.2, -0.15) is 0 Å². The van der Waals surface area contributed by atoms with E-state index in [1.807, 2.05) is 24.9 Å². The monoisotopic (exact) mass is 347 g/mol. The van der Waals surface area contributed by atoms with Gasteiger partial charge in [-0.3, -0.25) is 4.79 Å². The molecule has 130 valence electrons. The van der Waals surface area contributed by atoms with Crippen molar-refractivity contribution in [3.8, 4) is 0 Å². The largest absolute Gasteiger partial charge is 0.366 e. The normalized spacial score (nSPS) is 11.1. The topological polar surface area (TPSA) is 52.6 Å². The predicted molar refractivity (Wildman–Crippen MR) is 104 cm³/mol. The van der Waals surface area contributed by atoms with Crippen molar-refractivity contribution in [2.24, 2.45) is 0 Å². The van der Waals surface area contributed by atoms with Crippen LogP contribution in [0, 0.1) is 13.8 Å². The van der Waals surface area contributed by atoms with Crippen LogP contribution >= 0.6 is 12.2 Å². The number of benzene rings is 1. The van der Waals surface area contributed by atoms with Gasteiger partial charge in [-0.15, -0.1) is 0 Å². The summed E-state index contributed by atoms with van der Waals surface area (Å²) in [6.07, 6.45) is 0. The molecule has 1 aromatic heterocycles. The first-order valence-corrected chi connectivity index (χ1v) is 8.61. The summed E-state index contributed by atoms with van der Waals surface area (Å²) in [4.78, 5) is 18.9. The SMILES string of the molecule is CNC(=S)N(CC[NH+](C)C)Cc1cc2cc(C)cc(C)c2[nH]c1=O. The lowest BCUT2D eigenvalue weighted by atomic mass is 10.1. The number of H-pyrrole nitrogens is 1. The van der Waals surface area contributed by atoms with Gasteiger partial charge >= 0.3 is 0 Å². The third-order valence-corrected chi connectivity index (χ3v) is 4.58. The van der Waals surface area contributed by atoms with Gasteiger partial charge in [-0.25, -0.2) is 0 Å². The van der Waals surface area contributed by atoms with E-state index < -0.39 is 0 Å². The zero-order chi connectivity index (χ0) is 17.9. The van der Waals surface area contributed by atoms with E-state index in [4.69, 9.17) is 12.2 Å². The maximum atomic E-state index is 12.5. The number of pyridine rings is 1. The minimum absolute atomic E-state index is 0.0458. The van der Waals surface area contributed by atoms with Gasteiger partial charge in [0, 0.05) is 12.6 Å². The molecule has 0 aliphatic heterocycles. The molecule has 5 nitrogen and oxygen atoms in total. The highest BCUT2D eigenvalue weighted by atomic mass is 32.1. The number of likely N-dealkylation sites (N-methyl/N-ethyl adjacent to an activating group) is 1. The van der Waals surface area contributed by atoms with Crippen LogP contribution in [0.2, 0.25) is 0 Å². The quantitative estimate of drug-likeness (QED) is 0.693. The van der Waals surface area contributed by atoms with Gasteiger partial charge in [-0.05, 0) is 49.1 Å². The van der Waals surface area contributed by atoms with Crippen LogP contribution in [0.1, 0.15) is 16.7 Å². The lowest BCUT2D eigenvalue weighted by molar-refractivity contribution is -0.857. The number of nitrogens with zero attached hydrogens (tertiary/aromatic N) is 1. The third-order valence-electron chi connectivity index (χ3n) is 4.11. The minimum atomic E-state index is -0.0458. The van der Waals surface area contributed by atoms with Crippen LogP contribution in [0.3, 0.4) is 0 Å². The number of rotatable bonds is 5. The second-order valence-electron chi connectivity index (χ2n) is 6.60. The average molecular weight is 348 g/mol. The van der Waals surface area contributed by atoms with E-state index in [2.05, 4.69) is 43.5 Å². The second-order valence-corrected chi connectivity index (χ2v) is 6.99. The molecule has 0 aliphatic rings. The first-order chi connectivity index (χ1) is 11.3. The van der Waals surface area contributed by atoms with Crippen LogP contribution < -0.4 is 15.8 Å². The van der Waals surface area contributed by atoms with E-state index in [1.54, 1.807) is 0 Å². The Morgan fingerprint density at radius 2 is 2.00 bits per heavy atom. The number of hydrogen-bond acceptors (Lipinski definition) is 2. The summed E-state index contributed by atoms with van der Waals surface area (Å²) in [7, 11) is 6.03. The Bertz CT molecular complexity index is 797. The molecule has 0 spiro atoms. The number of fused-ring (bicyclic) bond motifs is 1. The Morgan fingerprint density at radius 3 is 2.62 bits per heavy atom. The lowest BCUT2D eigenvalue weighted by Gasteiger charge is -2.25. The van der Waals surface area contributed by atoms with Gasteiger partial charge in [0.2, 0.25) is 0 Å². The van der Waals surface area contributed by atoms with Gasteiger partial charge in [0.1, 0.15) is 0 Å². The van der Waals surface area contributed by atoms with E-state index >= 15 is 0 Å². The predicted octanol–water partition coefficient (Wildman–Crippen LogP) is 0.596. The molecule has 24 heavy (non-hydrogen) atoms. The van der Waals surface area contributed by atoms with Gasteiger partial charge in [-0.1, -0.05) is 11.6 Å². The van der Waals surface area contributed by atoms with E-state index in [-0.39, 0.29) is 5.56 Å². The van der Waals surface area contributed by atoms with Crippen molar-refractivity contribution in [3.05, 3.63) is 45.2 Å². The summed E-state index contributed by atoms with van der Waals surface area (Å²) in [5, 5.41) is 4.75. The Morgan fingerprint density at radius 1 is 1.29 bits per heavy atom.